The lowest BCUT2D eigenvalue weighted by molar-refractivity contribution is -0.118. The van der Waals surface area contributed by atoms with E-state index in [1.807, 2.05) is 56.3 Å². The lowest BCUT2D eigenvalue weighted by atomic mass is 10.1. The number of benzene rings is 2. The quantitative estimate of drug-likeness (QED) is 0.590. The lowest BCUT2D eigenvalue weighted by Crippen LogP contribution is -2.20. The van der Waals surface area contributed by atoms with Crippen LogP contribution < -0.4 is 14.8 Å². The number of unbranched alkanes of at least 4 members (excludes halogenated alkanes) is 3. The number of nitrogens with one attached hydrogen (secondary N) is 1. The molecule has 0 saturated carbocycles. The second kappa shape index (κ2) is 10.5. The first-order valence-electron chi connectivity index (χ1n) is 9.31. The number of hydrogen-bond acceptors (Lipinski definition) is 3. The molecule has 0 radical (unpaired) electrons. The Bertz CT molecular complexity index is 695. The van der Waals surface area contributed by atoms with Gasteiger partial charge in [-0.15, -0.1) is 0 Å². The first-order chi connectivity index (χ1) is 12.6. The molecule has 2 rings (SSSR count). The monoisotopic (exact) mass is 355 g/mol. The Labute approximate surface area is 156 Å². The Morgan fingerprint density at radius 1 is 0.885 bits per heavy atom. The van der Waals surface area contributed by atoms with E-state index in [-0.39, 0.29) is 12.5 Å². The van der Waals surface area contributed by atoms with Gasteiger partial charge in [0.05, 0.1) is 6.61 Å². The largest absolute Gasteiger partial charge is 0.494 e. The van der Waals surface area contributed by atoms with E-state index in [0.29, 0.717) is 5.75 Å². The van der Waals surface area contributed by atoms with Gasteiger partial charge in [-0.05, 0) is 67.8 Å². The molecule has 0 saturated heterocycles. The van der Waals surface area contributed by atoms with Crippen LogP contribution in [0.3, 0.4) is 0 Å². The molecule has 2 aromatic rings. The third-order valence-corrected chi connectivity index (χ3v) is 4.25. The van der Waals surface area contributed by atoms with E-state index >= 15 is 0 Å². The van der Waals surface area contributed by atoms with Gasteiger partial charge < -0.3 is 14.8 Å². The molecule has 1 N–H and O–H groups in total. The molecule has 0 aliphatic rings. The normalized spacial score (nSPS) is 10.4. The second-order valence-corrected chi connectivity index (χ2v) is 6.52. The predicted molar refractivity (Wildman–Crippen MR) is 106 cm³/mol. The van der Waals surface area contributed by atoms with Crippen LogP contribution in [0.15, 0.2) is 42.5 Å². The Morgan fingerprint density at radius 3 is 2.31 bits per heavy atom. The van der Waals surface area contributed by atoms with Gasteiger partial charge in [0.25, 0.3) is 5.91 Å². The molecule has 4 nitrogen and oxygen atoms in total. The highest BCUT2D eigenvalue weighted by Crippen LogP contribution is 2.18. The van der Waals surface area contributed by atoms with Crippen molar-refractivity contribution in [1.82, 2.24) is 0 Å². The minimum Gasteiger partial charge on any atom is -0.494 e. The van der Waals surface area contributed by atoms with Crippen LogP contribution in [-0.4, -0.2) is 19.1 Å². The average Bonchev–Trinajstić information content (AvgIpc) is 2.64. The lowest BCUT2D eigenvalue weighted by Gasteiger charge is -2.10. The van der Waals surface area contributed by atoms with Crippen molar-refractivity contribution < 1.29 is 14.3 Å². The highest BCUT2D eigenvalue weighted by molar-refractivity contribution is 5.91. The van der Waals surface area contributed by atoms with E-state index in [1.165, 1.54) is 24.8 Å². The Morgan fingerprint density at radius 2 is 1.62 bits per heavy atom. The van der Waals surface area contributed by atoms with Crippen molar-refractivity contribution in [3.63, 3.8) is 0 Å². The Balaban J connectivity index is 1.73. The van der Waals surface area contributed by atoms with Gasteiger partial charge in [-0.25, -0.2) is 0 Å². The molecule has 0 unspecified atom stereocenters. The van der Waals surface area contributed by atoms with Crippen LogP contribution >= 0.6 is 0 Å². The number of hydrogen-bond donors (Lipinski definition) is 1. The number of carbonyl (C=O) groups is 1. The van der Waals surface area contributed by atoms with Gasteiger partial charge >= 0.3 is 0 Å². The molecule has 26 heavy (non-hydrogen) atoms. The molecular formula is C22H29NO3. The number of carbonyl (C=O) groups excluding carboxylic acids is 1. The van der Waals surface area contributed by atoms with E-state index in [2.05, 4.69) is 12.2 Å². The van der Waals surface area contributed by atoms with E-state index in [0.717, 1.165) is 30.0 Å². The van der Waals surface area contributed by atoms with Gasteiger partial charge in [0.15, 0.2) is 6.61 Å². The third-order valence-electron chi connectivity index (χ3n) is 4.25. The van der Waals surface area contributed by atoms with Crippen LogP contribution in [0.25, 0.3) is 0 Å². The summed E-state index contributed by atoms with van der Waals surface area (Å²) in [5, 5.41) is 2.83. The number of rotatable bonds is 10. The predicted octanol–water partition coefficient (Wildman–Crippen LogP) is 5.28. The average molecular weight is 355 g/mol. The zero-order valence-electron chi connectivity index (χ0n) is 16.0. The van der Waals surface area contributed by atoms with Crippen LogP contribution in [0.1, 0.15) is 43.7 Å². The van der Waals surface area contributed by atoms with E-state index < -0.39 is 0 Å². The fourth-order valence-electron chi connectivity index (χ4n) is 2.50. The molecule has 0 bridgehead atoms. The SMILES string of the molecule is CCCCCCOc1ccc(NC(=O)COc2ccc(C)c(C)c2)cc1. The molecule has 0 atom stereocenters. The second-order valence-electron chi connectivity index (χ2n) is 6.52. The molecular weight excluding hydrogens is 326 g/mol. The number of ether oxygens (including phenoxy) is 2. The highest BCUT2D eigenvalue weighted by atomic mass is 16.5. The van der Waals surface area contributed by atoms with Gasteiger partial charge in [-0.3, -0.25) is 4.79 Å². The molecule has 1 amide bonds. The molecule has 4 heteroatoms. The van der Waals surface area contributed by atoms with Crippen LogP contribution in [0.2, 0.25) is 0 Å². The minimum absolute atomic E-state index is 0.0157. The zero-order chi connectivity index (χ0) is 18.8. The highest BCUT2D eigenvalue weighted by Gasteiger charge is 2.05. The molecule has 2 aromatic carbocycles. The summed E-state index contributed by atoms with van der Waals surface area (Å²) in [6, 6.07) is 13.2. The third kappa shape index (κ3) is 6.79. The maximum absolute atomic E-state index is 12.0. The van der Waals surface area contributed by atoms with Crippen LogP contribution in [0.4, 0.5) is 5.69 Å². The first kappa shape index (κ1) is 19.8. The van der Waals surface area contributed by atoms with Crippen molar-refractivity contribution in [3.8, 4) is 11.5 Å². The summed E-state index contributed by atoms with van der Waals surface area (Å²) in [6.45, 7) is 6.98. The van der Waals surface area contributed by atoms with Gasteiger partial charge in [0, 0.05) is 5.69 Å². The summed E-state index contributed by atoms with van der Waals surface area (Å²) in [6.07, 6.45) is 4.74. The fourth-order valence-corrected chi connectivity index (χ4v) is 2.50. The summed E-state index contributed by atoms with van der Waals surface area (Å²) < 4.78 is 11.2. The molecule has 140 valence electrons. The fraction of sp³-hybridized carbons (Fsp3) is 0.409. The van der Waals surface area contributed by atoms with Gasteiger partial charge in [0.2, 0.25) is 0 Å². The van der Waals surface area contributed by atoms with Crippen molar-refractivity contribution in [3.05, 3.63) is 53.6 Å². The summed E-state index contributed by atoms with van der Waals surface area (Å²) in [4.78, 5) is 12.0. The van der Waals surface area contributed by atoms with Gasteiger partial charge in [0.1, 0.15) is 11.5 Å². The van der Waals surface area contributed by atoms with E-state index in [9.17, 15) is 4.79 Å². The molecule has 0 fully saturated rings. The zero-order valence-corrected chi connectivity index (χ0v) is 16.0. The van der Waals surface area contributed by atoms with Crippen LogP contribution in [0, 0.1) is 13.8 Å². The summed E-state index contributed by atoms with van der Waals surface area (Å²) in [5.74, 6) is 1.34. The van der Waals surface area contributed by atoms with Crippen LogP contribution in [-0.2, 0) is 4.79 Å². The summed E-state index contributed by atoms with van der Waals surface area (Å²) in [7, 11) is 0. The maximum atomic E-state index is 12.0. The number of amides is 1. The maximum Gasteiger partial charge on any atom is 0.262 e. The number of anilines is 1. The Kier molecular flexibility index (Phi) is 8.00. The minimum atomic E-state index is -0.184. The van der Waals surface area contributed by atoms with Crippen molar-refractivity contribution in [1.29, 1.82) is 0 Å². The van der Waals surface area contributed by atoms with Crippen molar-refractivity contribution in [2.45, 2.75) is 46.5 Å². The number of aryl methyl sites for hydroxylation is 2. The van der Waals surface area contributed by atoms with Crippen LogP contribution in [0.5, 0.6) is 11.5 Å². The topological polar surface area (TPSA) is 47.6 Å². The Hall–Kier alpha value is -2.49. The van der Waals surface area contributed by atoms with Gasteiger partial charge in [-0.2, -0.15) is 0 Å². The molecule has 0 aromatic heterocycles. The molecule has 0 heterocycles. The molecule has 0 spiro atoms. The first-order valence-corrected chi connectivity index (χ1v) is 9.31. The summed E-state index contributed by atoms with van der Waals surface area (Å²) in [5.41, 5.74) is 3.08. The van der Waals surface area contributed by atoms with E-state index in [4.69, 9.17) is 9.47 Å². The van der Waals surface area contributed by atoms with E-state index in [1.54, 1.807) is 0 Å². The smallest absolute Gasteiger partial charge is 0.262 e. The van der Waals surface area contributed by atoms with Crippen molar-refractivity contribution >= 4 is 11.6 Å². The summed E-state index contributed by atoms with van der Waals surface area (Å²) >= 11 is 0. The van der Waals surface area contributed by atoms with Gasteiger partial charge in [-0.1, -0.05) is 32.3 Å². The van der Waals surface area contributed by atoms with Crippen molar-refractivity contribution in [2.24, 2.45) is 0 Å². The standard InChI is InChI=1S/C22H29NO3/c1-4-5-6-7-14-25-20-12-9-19(10-13-20)23-22(24)16-26-21-11-8-17(2)18(3)15-21/h8-13,15H,4-7,14,16H2,1-3H3,(H,23,24). The molecule has 0 aliphatic carbocycles. The van der Waals surface area contributed by atoms with Crippen molar-refractivity contribution in [2.75, 3.05) is 18.5 Å². The molecule has 0 aliphatic heterocycles.